The minimum Gasteiger partial charge on any atom is -0.491 e. The van der Waals surface area contributed by atoms with Crippen LogP contribution in [0, 0.1) is 0 Å². The zero-order valence-corrected chi connectivity index (χ0v) is 13.1. The van der Waals surface area contributed by atoms with Gasteiger partial charge in [-0.2, -0.15) is 0 Å². The number of ketones is 1. The molecule has 1 heterocycles. The maximum absolute atomic E-state index is 12.3. The summed E-state index contributed by atoms with van der Waals surface area (Å²) < 4.78 is 16.7. The molecule has 0 saturated heterocycles. The van der Waals surface area contributed by atoms with Gasteiger partial charge >= 0.3 is 0 Å². The summed E-state index contributed by atoms with van der Waals surface area (Å²) in [5, 5.41) is 0. The number of unbranched alkanes of at least 4 members (excludes halogenated alkanes) is 4. The molecule has 1 aliphatic heterocycles. The monoisotopic (exact) mass is 284 g/mol. The van der Waals surface area contributed by atoms with Gasteiger partial charge in [-0.3, -0.25) is 4.79 Å². The molecule has 0 N–H and O–H groups in total. The van der Waals surface area contributed by atoms with Crippen molar-refractivity contribution in [3.05, 3.63) is 11.5 Å². The molecule has 116 valence electrons. The van der Waals surface area contributed by atoms with Gasteiger partial charge in [0.2, 0.25) is 11.5 Å². The largest absolute Gasteiger partial charge is 0.491 e. The first-order valence-corrected chi connectivity index (χ1v) is 7.83. The van der Waals surface area contributed by atoms with Crippen molar-refractivity contribution in [3.8, 4) is 0 Å². The number of Topliss-reactive ketones (excluding diaryl/α,β-unsaturated/α-hetero) is 1. The highest BCUT2D eigenvalue weighted by molar-refractivity contribution is 5.98. The molecular weight excluding hydrogens is 256 g/mol. The minimum absolute atomic E-state index is 0.0678. The van der Waals surface area contributed by atoms with E-state index in [1.165, 1.54) is 0 Å². The molecule has 0 aromatic rings. The lowest BCUT2D eigenvalue weighted by molar-refractivity contribution is -0.137. The summed E-state index contributed by atoms with van der Waals surface area (Å²) >= 11 is 0. The van der Waals surface area contributed by atoms with Crippen LogP contribution in [0.2, 0.25) is 0 Å². The third-order valence-corrected chi connectivity index (χ3v) is 3.35. The quantitative estimate of drug-likeness (QED) is 0.575. The van der Waals surface area contributed by atoms with Crippen LogP contribution in [-0.4, -0.2) is 31.7 Å². The molecule has 0 saturated carbocycles. The summed E-state index contributed by atoms with van der Waals surface area (Å²) in [6.45, 7) is 7.54. The average Bonchev–Trinajstić information content (AvgIpc) is 2.44. The summed E-state index contributed by atoms with van der Waals surface area (Å²) in [6, 6.07) is 0. The van der Waals surface area contributed by atoms with E-state index in [1.54, 1.807) is 6.92 Å². The highest BCUT2D eigenvalue weighted by atomic mass is 16.6. The van der Waals surface area contributed by atoms with E-state index in [0.29, 0.717) is 31.3 Å². The van der Waals surface area contributed by atoms with Crippen molar-refractivity contribution in [3.63, 3.8) is 0 Å². The molecule has 0 aliphatic carbocycles. The van der Waals surface area contributed by atoms with Gasteiger partial charge < -0.3 is 14.2 Å². The fourth-order valence-corrected chi connectivity index (χ4v) is 2.06. The Morgan fingerprint density at radius 2 is 1.75 bits per heavy atom. The Hall–Kier alpha value is -1.03. The van der Waals surface area contributed by atoms with Crippen LogP contribution in [0.5, 0.6) is 0 Å². The lowest BCUT2D eigenvalue weighted by Gasteiger charge is -2.25. The second-order valence-electron chi connectivity index (χ2n) is 5.18. The summed E-state index contributed by atoms with van der Waals surface area (Å²) in [6.07, 6.45) is 5.95. The molecule has 1 rings (SSSR count). The first-order chi connectivity index (χ1) is 9.70. The smallest absolute Gasteiger partial charge is 0.233 e. The number of rotatable bonds is 10. The average molecular weight is 284 g/mol. The van der Waals surface area contributed by atoms with Crippen molar-refractivity contribution in [2.75, 3.05) is 19.8 Å². The fraction of sp³-hybridized carbons (Fsp3) is 0.812. The van der Waals surface area contributed by atoms with Gasteiger partial charge in [-0.15, -0.1) is 0 Å². The lowest BCUT2D eigenvalue weighted by Crippen LogP contribution is -2.36. The van der Waals surface area contributed by atoms with Gasteiger partial charge in [0.15, 0.2) is 6.10 Å². The Balaban J connectivity index is 2.41. The van der Waals surface area contributed by atoms with Crippen LogP contribution in [0.1, 0.15) is 59.3 Å². The predicted molar refractivity (Wildman–Crippen MR) is 78.4 cm³/mol. The molecule has 4 heteroatoms. The van der Waals surface area contributed by atoms with Gasteiger partial charge in [0.1, 0.15) is 12.4 Å². The first-order valence-electron chi connectivity index (χ1n) is 7.83. The van der Waals surface area contributed by atoms with E-state index < -0.39 is 6.10 Å². The molecule has 0 aromatic carbocycles. The molecule has 0 bridgehead atoms. The van der Waals surface area contributed by atoms with E-state index in [2.05, 4.69) is 13.8 Å². The van der Waals surface area contributed by atoms with Gasteiger partial charge in [-0.1, -0.05) is 39.5 Å². The van der Waals surface area contributed by atoms with Gasteiger partial charge in [0.25, 0.3) is 0 Å². The van der Waals surface area contributed by atoms with Gasteiger partial charge in [-0.05, 0) is 19.8 Å². The molecule has 0 radical (unpaired) electrons. The van der Waals surface area contributed by atoms with Crippen LogP contribution < -0.4 is 0 Å². The zero-order chi connectivity index (χ0) is 14.8. The molecule has 4 nitrogen and oxygen atoms in total. The third kappa shape index (κ3) is 5.53. The van der Waals surface area contributed by atoms with E-state index in [9.17, 15) is 4.79 Å². The number of hydrogen-bond acceptors (Lipinski definition) is 4. The molecule has 0 spiro atoms. The number of ether oxygens (including phenoxy) is 3. The van der Waals surface area contributed by atoms with Gasteiger partial charge in [0.05, 0.1) is 6.61 Å². The van der Waals surface area contributed by atoms with Gasteiger partial charge in [0, 0.05) is 6.61 Å². The summed E-state index contributed by atoms with van der Waals surface area (Å²) in [5.74, 6) is 0.870. The minimum atomic E-state index is -0.503. The standard InChI is InChI=1S/C16H28O4/c1-4-6-8-10-18-14-12-20-13(3)16(15(14)17)19-11-9-7-5-2/h14H,4-12H2,1-3H3. The maximum Gasteiger partial charge on any atom is 0.233 e. The van der Waals surface area contributed by atoms with E-state index in [1.807, 2.05) is 0 Å². The molecular formula is C16H28O4. The van der Waals surface area contributed by atoms with Crippen molar-refractivity contribution < 1.29 is 19.0 Å². The second-order valence-corrected chi connectivity index (χ2v) is 5.18. The van der Waals surface area contributed by atoms with Gasteiger partial charge in [-0.25, -0.2) is 0 Å². The number of carbonyl (C=O) groups excluding carboxylic acids is 1. The number of carbonyl (C=O) groups is 1. The zero-order valence-electron chi connectivity index (χ0n) is 13.1. The second kappa shape index (κ2) is 9.81. The first kappa shape index (κ1) is 17.0. The van der Waals surface area contributed by atoms with Crippen LogP contribution in [-0.2, 0) is 19.0 Å². The van der Waals surface area contributed by atoms with Crippen LogP contribution in [0.15, 0.2) is 11.5 Å². The van der Waals surface area contributed by atoms with E-state index >= 15 is 0 Å². The topological polar surface area (TPSA) is 44.8 Å². The maximum atomic E-state index is 12.3. The van der Waals surface area contributed by atoms with Crippen molar-refractivity contribution in [1.82, 2.24) is 0 Å². The van der Waals surface area contributed by atoms with Crippen LogP contribution in [0.3, 0.4) is 0 Å². The Bertz CT molecular complexity index is 322. The molecule has 1 aliphatic rings. The third-order valence-electron chi connectivity index (χ3n) is 3.35. The molecule has 0 fully saturated rings. The van der Waals surface area contributed by atoms with Crippen molar-refractivity contribution in [2.24, 2.45) is 0 Å². The van der Waals surface area contributed by atoms with E-state index in [0.717, 1.165) is 38.5 Å². The molecule has 20 heavy (non-hydrogen) atoms. The van der Waals surface area contributed by atoms with Crippen LogP contribution in [0.25, 0.3) is 0 Å². The molecule has 0 aromatic heterocycles. The Labute approximate surface area is 122 Å². The van der Waals surface area contributed by atoms with Crippen molar-refractivity contribution in [2.45, 2.75) is 65.4 Å². The Kier molecular flexibility index (Phi) is 8.35. The summed E-state index contributed by atoms with van der Waals surface area (Å²) in [5.41, 5.74) is 0. The van der Waals surface area contributed by atoms with Crippen LogP contribution >= 0.6 is 0 Å². The normalized spacial score (nSPS) is 19.1. The Morgan fingerprint density at radius 3 is 2.40 bits per heavy atom. The fourth-order valence-electron chi connectivity index (χ4n) is 2.06. The summed E-state index contributed by atoms with van der Waals surface area (Å²) in [4.78, 5) is 12.3. The molecule has 1 atom stereocenters. The van der Waals surface area contributed by atoms with E-state index in [4.69, 9.17) is 14.2 Å². The predicted octanol–water partition coefficient (Wildman–Crippen LogP) is 3.60. The SMILES string of the molecule is CCCCCOC1=C(C)OCC(OCCCCC)C1=O. The number of allylic oxidation sites excluding steroid dienone is 1. The lowest BCUT2D eigenvalue weighted by atomic mass is 10.1. The highest BCUT2D eigenvalue weighted by Crippen LogP contribution is 2.20. The molecule has 1 unspecified atom stereocenters. The van der Waals surface area contributed by atoms with E-state index in [-0.39, 0.29) is 5.78 Å². The Morgan fingerprint density at radius 1 is 1.10 bits per heavy atom. The van der Waals surface area contributed by atoms with Crippen LogP contribution in [0.4, 0.5) is 0 Å². The highest BCUT2D eigenvalue weighted by Gasteiger charge is 2.31. The summed E-state index contributed by atoms with van der Waals surface area (Å²) in [7, 11) is 0. The number of hydrogen-bond donors (Lipinski definition) is 0. The van der Waals surface area contributed by atoms with Crippen molar-refractivity contribution >= 4 is 5.78 Å². The van der Waals surface area contributed by atoms with Crippen molar-refractivity contribution in [1.29, 1.82) is 0 Å². The molecule has 0 amide bonds.